The Bertz CT molecular complexity index is 408. The second kappa shape index (κ2) is 1.97. The Labute approximate surface area is 75.7 Å². The monoisotopic (exact) mass is 200 g/mol. The molecule has 0 spiro atoms. The van der Waals surface area contributed by atoms with E-state index < -0.39 is 27.3 Å². The highest BCUT2D eigenvalue weighted by Crippen LogP contribution is 2.51. The zero-order chi connectivity index (χ0) is 9.22. The molecule has 3 rings (SSSR count). The molecule has 1 aliphatic heterocycles. The van der Waals surface area contributed by atoms with E-state index in [4.69, 9.17) is 0 Å². The maximum atomic E-state index is 11.4. The Morgan fingerprint density at radius 3 is 2.69 bits per heavy atom. The van der Waals surface area contributed by atoms with E-state index in [-0.39, 0.29) is 11.8 Å². The van der Waals surface area contributed by atoms with Gasteiger partial charge >= 0.3 is 16.1 Å². The van der Waals surface area contributed by atoms with Crippen molar-refractivity contribution < 1.29 is 17.4 Å². The average molecular weight is 200 g/mol. The third kappa shape index (κ3) is 0.757. The summed E-state index contributed by atoms with van der Waals surface area (Å²) < 4.78 is 27.1. The fraction of sp³-hybridized carbons (Fsp3) is 0.625. The molecule has 1 heterocycles. The minimum absolute atomic E-state index is 0.00597. The molecule has 0 N–H and O–H groups in total. The number of fused-ring (bicyclic) bond motifs is 5. The van der Waals surface area contributed by atoms with Crippen LogP contribution < -0.4 is 0 Å². The molecule has 2 bridgehead atoms. The van der Waals surface area contributed by atoms with Crippen LogP contribution in [0.2, 0.25) is 0 Å². The van der Waals surface area contributed by atoms with Gasteiger partial charge in [0.15, 0.2) is 0 Å². The number of carbonyl (C=O) groups is 1. The molecule has 0 amide bonds. The first-order valence-corrected chi connectivity index (χ1v) is 5.72. The summed E-state index contributed by atoms with van der Waals surface area (Å²) in [5, 5.41) is -0.588. The first kappa shape index (κ1) is 7.55. The van der Waals surface area contributed by atoms with Crippen LogP contribution in [0.25, 0.3) is 0 Å². The van der Waals surface area contributed by atoms with Crippen molar-refractivity contribution in [2.45, 2.75) is 11.7 Å². The summed E-state index contributed by atoms with van der Waals surface area (Å²) in [6.45, 7) is 0. The Morgan fingerprint density at radius 2 is 2.00 bits per heavy atom. The van der Waals surface area contributed by atoms with Gasteiger partial charge in [-0.05, 0) is 18.3 Å². The van der Waals surface area contributed by atoms with E-state index in [2.05, 4.69) is 4.18 Å². The normalized spacial score (nSPS) is 49.4. The van der Waals surface area contributed by atoms with E-state index in [9.17, 15) is 13.2 Å². The lowest BCUT2D eigenvalue weighted by atomic mass is 9.93. The summed E-state index contributed by atoms with van der Waals surface area (Å²) in [7, 11) is -3.60. The molecule has 0 aromatic rings. The van der Waals surface area contributed by atoms with Crippen LogP contribution in [-0.2, 0) is 19.1 Å². The van der Waals surface area contributed by atoms with Crippen LogP contribution in [-0.4, -0.2) is 19.6 Å². The molecule has 2 aliphatic carbocycles. The van der Waals surface area contributed by atoms with Crippen molar-refractivity contribution in [3.05, 3.63) is 12.2 Å². The Hall–Kier alpha value is -0.840. The molecule has 5 heteroatoms. The molecule has 1 saturated carbocycles. The minimum Gasteiger partial charge on any atom is -0.345 e. The average Bonchev–Trinajstić information content (AvgIpc) is 2.63. The fourth-order valence-electron chi connectivity index (χ4n) is 2.70. The predicted molar refractivity (Wildman–Crippen MR) is 43.0 cm³/mol. The lowest BCUT2D eigenvalue weighted by molar-refractivity contribution is -0.136. The summed E-state index contributed by atoms with van der Waals surface area (Å²) >= 11 is 0. The van der Waals surface area contributed by atoms with Gasteiger partial charge in [-0.1, -0.05) is 12.2 Å². The number of hydrogen-bond acceptors (Lipinski definition) is 4. The molecule has 13 heavy (non-hydrogen) atoms. The van der Waals surface area contributed by atoms with E-state index in [0.29, 0.717) is 0 Å². The van der Waals surface area contributed by atoms with Gasteiger partial charge in [0.1, 0.15) is 5.25 Å². The summed E-state index contributed by atoms with van der Waals surface area (Å²) in [6, 6.07) is 0. The molecule has 0 aromatic carbocycles. The molecule has 0 radical (unpaired) electrons. The van der Waals surface area contributed by atoms with Gasteiger partial charge in [-0.25, -0.2) is 0 Å². The van der Waals surface area contributed by atoms with Crippen molar-refractivity contribution in [3.8, 4) is 0 Å². The third-order valence-corrected chi connectivity index (χ3v) is 4.90. The summed E-state index contributed by atoms with van der Waals surface area (Å²) in [4.78, 5) is 11.2. The number of hydrogen-bond donors (Lipinski definition) is 0. The summed E-state index contributed by atoms with van der Waals surface area (Å²) in [5.41, 5.74) is 0. The molecule has 0 aromatic heterocycles. The van der Waals surface area contributed by atoms with Crippen LogP contribution in [0, 0.1) is 17.8 Å². The fourth-order valence-corrected chi connectivity index (χ4v) is 4.46. The molecule has 3 unspecified atom stereocenters. The van der Waals surface area contributed by atoms with Crippen molar-refractivity contribution in [2.75, 3.05) is 0 Å². The Balaban J connectivity index is 2.17. The van der Waals surface area contributed by atoms with Crippen molar-refractivity contribution in [1.29, 1.82) is 0 Å². The van der Waals surface area contributed by atoms with Crippen LogP contribution in [0.5, 0.6) is 0 Å². The zero-order valence-electron chi connectivity index (χ0n) is 6.71. The summed E-state index contributed by atoms with van der Waals surface area (Å²) in [6.07, 6.45) is 4.63. The van der Waals surface area contributed by atoms with Crippen LogP contribution in [0.1, 0.15) is 6.42 Å². The molecule has 4 nitrogen and oxygen atoms in total. The standard InChI is InChI=1S/C8H8O4S/c9-8-6-4-1-2-5(3-4)7(6)13(10,11)12-8/h1-2,4-7H,3H2/t4?,5?,6-,7?/m1/s1. The van der Waals surface area contributed by atoms with Gasteiger partial charge in [0, 0.05) is 0 Å². The zero-order valence-corrected chi connectivity index (χ0v) is 7.53. The quantitative estimate of drug-likeness (QED) is 0.410. The molecule has 70 valence electrons. The van der Waals surface area contributed by atoms with Gasteiger partial charge in [-0.2, -0.15) is 8.42 Å². The van der Waals surface area contributed by atoms with Gasteiger partial charge in [0.25, 0.3) is 0 Å². The topological polar surface area (TPSA) is 60.4 Å². The summed E-state index contributed by atoms with van der Waals surface area (Å²) in [5.74, 6) is -0.868. The van der Waals surface area contributed by atoms with E-state index in [1.54, 1.807) is 0 Å². The molecule has 3 aliphatic rings. The molecular weight excluding hydrogens is 192 g/mol. The Morgan fingerprint density at radius 1 is 1.31 bits per heavy atom. The van der Waals surface area contributed by atoms with Crippen molar-refractivity contribution >= 4 is 16.1 Å². The van der Waals surface area contributed by atoms with Crippen molar-refractivity contribution in [3.63, 3.8) is 0 Å². The largest absolute Gasteiger partial charge is 0.345 e. The van der Waals surface area contributed by atoms with E-state index in [1.165, 1.54) is 0 Å². The number of carbonyl (C=O) groups excluding carboxylic acids is 1. The highest BCUT2D eigenvalue weighted by molar-refractivity contribution is 7.88. The Kier molecular flexibility index (Phi) is 1.15. The highest BCUT2D eigenvalue weighted by atomic mass is 32.2. The number of allylic oxidation sites excluding steroid dienone is 2. The maximum Gasteiger partial charge on any atom is 0.327 e. The van der Waals surface area contributed by atoms with Gasteiger partial charge in [-0.3, -0.25) is 4.79 Å². The van der Waals surface area contributed by atoms with Crippen LogP contribution in [0.3, 0.4) is 0 Å². The van der Waals surface area contributed by atoms with Crippen molar-refractivity contribution in [1.82, 2.24) is 0 Å². The van der Waals surface area contributed by atoms with Gasteiger partial charge in [0.05, 0.1) is 5.92 Å². The van der Waals surface area contributed by atoms with E-state index in [1.807, 2.05) is 12.2 Å². The van der Waals surface area contributed by atoms with Crippen LogP contribution in [0.15, 0.2) is 12.2 Å². The molecular formula is C8H8O4S. The molecule has 1 saturated heterocycles. The second-order valence-corrected chi connectivity index (χ2v) is 5.53. The first-order valence-electron chi connectivity index (χ1n) is 4.25. The third-order valence-electron chi connectivity index (χ3n) is 3.19. The van der Waals surface area contributed by atoms with Gasteiger partial charge in [0.2, 0.25) is 0 Å². The van der Waals surface area contributed by atoms with Gasteiger partial charge < -0.3 is 4.18 Å². The maximum absolute atomic E-state index is 11.4. The molecule has 2 fully saturated rings. The molecule has 4 atom stereocenters. The minimum atomic E-state index is -3.60. The lowest BCUT2D eigenvalue weighted by Crippen LogP contribution is -2.27. The second-order valence-electron chi connectivity index (χ2n) is 3.83. The highest BCUT2D eigenvalue weighted by Gasteiger charge is 2.61. The van der Waals surface area contributed by atoms with E-state index in [0.717, 1.165) is 6.42 Å². The first-order chi connectivity index (χ1) is 6.09. The predicted octanol–water partition coefficient (Wildman–Crippen LogP) is 0.0637. The van der Waals surface area contributed by atoms with Crippen LogP contribution in [0.4, 0.5) is 0 Å². The van der Waals surface area contributed by atoms with Crippen molar-refractivity contribution in [2.24, 2.45) is 17.8 Å². The number of rotatable bonds is 0. The van der Waals surface area contributed by atoms with E-state index >= 15 is 0 Å². The smallest absolute Gasteiger partial charge is 0.327 e. The van der Waals surface area contributed by atoms with Crippen LogP contribution >= 0.6 is 0 Å². The SMILES string of the molecule is O=C1OS(=O)(=O)C2C3C=CC(C3)[C@@H]12. The van der Waals surface area contributed by atoms with Gasteiger partial charge in [-0.15, -0.1) is 0 Å². The lowest BCUT2D eigenvalue weighted by Gasteiger charge is -2.12.